The summed E-state index contributed by atoms with van der Waals surface area (Å²) >= 11 is 0. The average molecular weight is 120 g/mol. The van der Waals surface area contributed by atoms with Crippen molar-refractivity contribution in [3.63, 3.8) is 0 Å². The first kappa shape index (κ1) is 10.9. The van der Waals surface area contributed by atoms with Crippen LogP contribution in [0.15, 0.2) is 11.3 Å². The summed E-state index contributed by atoms with van der Waals surface area (Å²) in [6, 6.07) is 1.79. The minimum atomic E-state index is 0. The van der Waals surface area contributed by atoms with Crippen LogP contribution in [0.4, 0.5) is 0 Å². The van der Waals surface area contributed by atoms with Gasteiger partial charge in [-0.25, -0.2) is 0 Å². The van der Waals surface area contributed by atoms with Gasteiger partial charge >= 0.3 is 0 Å². The molecule has 0 amide bonds. The van der Waals surface area contributed by atoms with Crippen LogP contribution in [0.25, 0.3) is 0 Å². The molecule has 0 aromatic heterocycles. The van der Waals surface area contributed by atoms with Gasteiger partial charge in [0.05, 0.1) is 11.6 Å². The van der Waals surface area contributed by atoms with E-state index >= 15 is 0 Å². The molecule has 0 atom stereocenters. The predicted octanol–water partition coefficient (Wildman–Crippen LogP) is 0.981. The second-order valence-corrected chi connectivity index (χ2v) is 1.32. The van der Waals surface area contributed by atoms with Gasteiger partial charge in [-0.15, -0.1) is 0 Å². The van der Waals surface area contributed by atoms with E-state index in [0.717, 1.165) is 0 Å². The molecule has 0 heterocycles. The molecule has 0 rings (SSSR count). The van der Waals surface area contributed by atoms with Gasteiger partial charge < -0.3 is 5.11 Å². The van der Waals surface area contributed by atoms with E-state index < -0.39 is 0 Å². The largest absolute Gasteiger partial charge is 0.512 e. The summed E-state index contributed by atoms with van der Waals surface area (Å²) in [7, 11) is 0. The van der Waals surface area contributed by atoms with Gasteiger partial charge in [0.15, 0.2) is 0 Å². The third-order valence-electron chi connectivity index (χ3n) is 0.710. The summed E-state index contributed by atoms with van der Waals surface area (Å²) in [5.41, 5.74) is 0.375. The number of hydrogen-bond acceptors (Lipinski definition) is 2. The van der Waals surface area contributed by atoms with E-state index in [2.05, 4.69) is 0 Å². The Balaban J connectivity index is 0. The maximum Gasteiger partial charge on any atom is 0.102 e. The van der Waals surface area contributed by atoms with Gasteiger partial charge in [0.2, 0.25) is 0 Å². The molecule has 0 aliphatic heterocycles. The molecule has 0 aliphatic rings. The number of rotatable bonds is 0. The van der Waals surface area contributed by atoms with Crippen molar-refractivity contribution in [2.45, 2.75) is 13.8 Å². The summed E-state index contributed by atoms with van der Waals surface area (Å²) in [5, 5.41) is 16.5. The third-order valence-corrected chi connectivity index (χ3v) is 0.710. The number of nitrogens with zero attached hydrogens (tertiary/aromatic N) is 1. The fraction of sp³-hybridized carbons (Fsp3) is 0.400. The van der Waals surface area contributed by atoms with Crippen molar-refractivity contribution in [3.8, 4) is 6.07 Å². The number of allylic oxidation sites excluding steroid dienone is 2. The first-order valence-corrected chi connectivity index (χ1v) is 1.95. The normalized spacial score (nSPS) is 10.6. The summed E-state index contributed by atoms with van der Waals surface area (Å²) in [4.78, 5) is 0. The van der Waals surface area contributed by atoms with Gasteiger partial charge in [0, 0.05) is 29.6 Å². The van der Waals surface area contributed by atoms with Crippen molar-refractivity contribution < 1.29 is 5.11 Å². The van der Waals surface area contributed by atoms with E-state index in [1.54, 1.807) is 13.0 Å². The Morgan fingerprint density at radius 1 is 1.50 bits per heavy atom. The van der Waals surface area contributed by atoms with E-state index in [0.29, 0.717) is 5.57 Å². The van der Waals surface area contributed by atoms with Crippen LogP contribution in [-0.4, -0.2) is 34.7 Å². The number of aliphatic hydroxyl groups is 1. The third kappa shape index (κ3) is 4.20. The Morgan fingerprint density at radius 3 is 1.88 bits per heavy atom. The minimum absolute atomic E-state index is 0. The molecule has 0 spiro atoms. The Bertz CT molecular complexity index is 130. The van der Waals surface area contributed by atoms with E-state index in [9.17, 15) is 0 Å². The zero-order valence-corrected chi connectivity index (χ0v) is 7.39. The topological polar surface area (TPSA) is 44.0 Å². The van der Waals surface area contributed by atoms with Gasteiger partial charge in [-0.2, -0.15) is 5.26 Å². The average Bonchev–Trinajstić information content (AvgIpc) is 1.65. The smallest absolute Gasteiger partial charge is 0.102 e. The van der Waals surface area contributed by atoms with Crippen LogP contribution >= 0.6 is 0 Å². The predicted molar refractivity (Wildman–Crippen MR) is 32.4 cm³/mol. The summed E-state index contributed by atoms with van der Waals surface area (Å²) in [5.74, 6) is 0.0995. The van der Waals surface area contributed by atoms with Crippen molar-refractivity contribution in [1.82, 2.24) is 0 Å². The van der Waals surface area contributed by atoms with Gasteiger partial charge in [-0.3, -0.25) is 0 Å². The molecule has 0 fully saturated rings. The van der Waals surface area contributed by atoms with Crippen LogP contribution in [0.3, 0.4) is 0 Å². The zero-order valence-electron chi connectivity index (χ0n) is 5.39. The van der Waals surface area contributed by atoms with Crippen molar-refractivity contribution >= 4 is 29.6 Å². The van der Waals surface area contributed by atoms with E-state index in [1.165, 1.54) is 6.92 Å². The molecule has 0 unspecified atom stereocenters. The monoisotopic (exact) mass is 120 g/mol. The first-order chi connectivity index (χ1) is 3.18. The second-order valence-electron chi connectivity index (χ2n) is 1.32. The van der Waals surface area contributed by atoms with E-state index in [1.807, 2.05) is 0 Å². The van der Waals surface area contributed by atoms with Crippen molar-refractivity contribution in [1.29, 1.82) is 5.26 Å². The molecular formula is C5H7NNaO. The van der Waals surface area contributed by atoms with Crippen LogP contribution < -0.4 is 0 Å². The van der Waals surface area contributed by atoms with E-state index in [-0.39, 0.29) is 35.3 Å². The molecule has 1 N–H and O–H groups in total. The molecule has 0 aromatic rings. The molecular weight excluding hydrogens is 113 g/mol. The molecule has 0 aromatic carbocycles. The molecule has 39 valence electrons. The van der Waals surface area contributed by atoms with Gasteiger partial charge in [0.25, 0.3) is 0 Å². The Morgan fingerprint density at radius 2 is 1.88 bits per heavy atom. The van der Waals surface area contributed by atoms with Crippen LogP contribution in [0.2, 0.25) is 0 Å². The molecule has 0 saturated carbocycles. The van der Waals surface area contributed by atoms with Crippen LogP contribution in [0, 0.1) is 11.3 Å². The van der Waals surface area contributed by atoms with Gasteiger partial charge in [-0.05, 0) is 13.8 Å². The second kappa shape index (κ2) is 5.17. The van der Waals surface area contributed by atoms with Crippen molar-refractivity contribution in [2.75, 3.05) is 0 Å². The minimum Gasteiger partial charge on any atom is -0.512 e. The molecule has 3 heteroatoms. The summed E-state index contributed by atoms with van der Waals surface area (Å²) in [6.45, 7) is 3.05. The maximum atomic E-state index is 8.48. The summed E-state index contributed by atoms with van der Waals surface area (Å²) < 4.78 is 0. The van der Waals surface area contributed by atoms with Gasteiger partial charge in [0.1, 0.15) is 5.76 Å². The molecule has 0 saturated heterocycles. The molecule has 8 heavy (non-hydrogen) atoms. The molecule has 1 radical (unpaired) electrons. The Labute approximate surface area is 71.1 Å². The standard InChI is InChI=1S/C5H7NO.Na/c1-4(3-6)5(2)7;/h7H,1-2H3;. The molecule has 2 nitrogen and oxygen atoms in total. The van der Waals surface area contributed by atoms with Gasteiger partial charge in [-0.1, -0.05) is 0 Å². The summed E-state index contributed by atoms with van der Waals surface area (Å²) in [6.07, 6.45) is 0. The Kier molecular flexibility index (Phi) is 7.06. The maximum absolute atomic E-state index is 8.48. The number of hydrogen-bond donors (Lipinski definition) is 1. The first-order valence-electron chi connectivity index (χ1n) is 1.95. The van der Waals surface area contributed by atoms with Crippen molar-refractivity contribution in [2.24, 2.45) is 0 Å². The number of aliphatic hydroxyl groups excluding tert-OH is 1. The molecule has 0 bridgehead atoms. The number of nitriles is 1. The van der Waals surface area contributed by atoms with E-state index in [4.69, 9.17) is 10.4 Å². The Hall–Kier alpha value is 0.0300. The molecule has 0 aliphatic carbocycles. The SMILES string of the molecule is CC(O)=C(C)C#N.[Na]. The zero-order chi connectivity index (χ0) is 5.86. The fourth-order valence-electron chi connectivity index (χ4n) is 0.0809. The fourth-order valence-corrected chi connectivity index (χ4v) is 0.0809. The van der Waals surface area contributed by atoms with Crippen LogP contribution in [0.5, 0.6) is 0 Å². The van der Waals surface area contributed by atoms with Crippen LogP contribution in [-0.2, 0) is 0 Å². The van der Waals surface area contributed by atoms with Crippen LogP contribution in [0.1, 0.15) is 13.8 Å². The van der Waals surface area contributed by atoms with Crippen molar-refractivity contribution in [3.05, 3.63) is 11.3 Å². The quantitative estimate of drug-likeness (QED) is 0.294.